The molecule has 0 aromatic heterocycles. The lowest BCUT2D eigenvalue weighted by atomic mass is 9.98. The molecule has 1 heterocycles. The highest BCUT2D eigenvalue weighted by Gasteiger charge is 2.21. The van der Waals surface area contributed by atoms with Crippen LogP contribution in [0.4, 0.5) is 0 Å². The van der Waals surface area contributed by atoms with Crippen LogP contribution in [-0.4, -0.2) is 55.6 Å². The average Bonchev–Trinajstić information content (AvgIpc) is 2.48. The maximum Gasteiger partial charge on any atom is 0.0334 e. The molecule has 2 atom stereocenters. The lowest BCUT2D eigenvalue weighted by Gasteiger charge is -2.38. The number of likely N-dealkylation sites (N-methyl/N-ethyl adjacent to an activating group) is 1. The van der Waals surface area contributed by atoms with Crippen molar-refractivity contribution in [1.29, 1.82) is 0 Å². The third kappa shape index (κ3) is 4.53. The van der Waals surface area contributed by atoms with Crippen LogP contribution in [0.2, 0.25) is 0 Å². The first-order valence-electron chi connectivity index (χ1n) is 8.33. The summed E-state index contributed by atoms with van der Waals surface area (Å²) in [6.07, 6.45) is 1.19. The Morgan fingerprint density at radius 1 is 1.29 bits per heavy atom. The zero-order valence-corrected chi connectivity index (χ0v) is 14.1. The second-order valence-corrected chi connectivity index (χ2v) is 6.39. The zero-order chi connectivity index (χ0) is 15.2. The minimum absolute atomic E-state index is 0.478. The van der Waals surface area contributed by atoms with Crippen molar-refractivity contribution in [2.75, 3.05) is 39.8 Å². The summed E-state index contributed by atoms with van der Waals surface area (Å²) in [6.45, 7) is 12.5. The first kappa shape index (κ1) is 16.5. The van der Waals surface area contributed by atoms with Crippen LogP contribution in [0, 0.1) is 6.92 Å². The van der Waals surface area contributed by atoms with Gasteiger partial charge < -0.3 is 15.1 Å². The van der Waals surface area contributed by atoms with Crippen LogP contribution in [0.15, 0.2) is 24.3 Å². The quantitative estimate of drug-likeness (QED) is 0.868. The number of piperazine rings is 1. The largest absolute Gasteiger partial charge is 0.310 e. The van der Waals surface area contributed by atoms with Gasteiger partial charge in [-0.3, -0.25) is 0 Å². The van der Waals surface area contributed by atoms with Gasteiger partial charge in [-0.2, -0.15) is 0 Å². The van der Waals surface area contributed by atoms with E-state index in [4.69, 9.17) is 0 Å². The Morgan fingerprint density at radius 2 is 2.05 bits per heavy atom. The molecule has 2 rings (SSSR count). The van der Waals surface area contributed by atoms with Crippen LogP contribution in [0.25, 0.3) is 0 Å². The highest BCUT2D eigenvalue weighted by atomic mass is 15.3. The molecule has 0 amide bonds. The Bertz CT molecular complexity index is 432. The predicted molar refractivity (Wildman–Crippen MR) is 90.7 cm³/mol. The summed E-state index contributed by atoms with van der Waals surface area (Å²) in [5.74, 6) is 0. The molecule has 0 saturated carbocycles. The molecule has 1 saturated heterocycles. The van der Waals surface area contributed by atoms with Gasteiger partial charge in [0.15, 0.2) is 0 Å². The number of nitrogens with zero attached hydrogens (tertiary/aromatic N) is 2. The SMILES string of the molecule is CCNC(CCN1CCN(C)C(C)C1)c1ccccc1C. The molecule has 1 fully saturated rings. The molecule has 1 aliphatic rings. The topological polar surface area (TPSA) is 18.5 Å². The normalized spacial score (nSPS) is 22.4. The molecule has 2 unspecified atom stereocenters. The van der Waals surface area contributed by atoms with Gasteiger partial charge in [-0.25, -0.2) is 0 Å². The van der Waals surface area contributed by atoms with E-state index in [0.29, 0.717) is 12.1 Å². The molecule has 3 nitrogen and oxygen atoms in total. The smallest absolute Gasteiger partial charge is 0.0334 e. The van der Waals surface area contributed by atoms with E-state index in [0.717, 1.165) is 6.54 Å². The van der Waals surface area contributed by atoms with Crippen molar-refractivity contribution in [2.45, 2.75) is 39.3 Å². The Balaban J connectivity index is 1.93. The first-order valence-corrected chi connectivity index (χ1v) is 8.33. The van der Waals surface area contributed by atoms with E-state index >= 15 is 0 Å². The average molecular weight is 289 g/mol. The molecule has 0 aliphatic carbocycles. The van der Waals surface area contributed by atoms with Crippen molar-refractivity contribution < 1.29 is 0 Å². The van der Waals surface area contributed by atoms with Gasteiger partial charge in [0.2, 0.25) is 0 Å². The van der Waals surface area contributed by atoms with Gasteiger partial charge >= 0.3 is 0 Å². The Morgan fingerprint density at radius 3 is 2.71 bits per heavy atom. The maximum absolute atomic E-state index is 3.66. The summed E-state index contributed by atoms with van der Waals surface area (Å²) < 4.78 is 0. The molecule has 3 heteroatoms. The fraction of sp³-hybridized carbons (Fsp3) is 0.667. The van der Waals surface area contributed by atoms with Crippen LogP contribution in [0.1, 0.15) is 37.4 Å². The van der Waals surface area contributed by atoms with Gasteiger partial charge in [0.05, 0.1) is 0 Å². The summed E-state index contributed by atoms with van der Waals surface area (Å²) in [5, 5.41) is 3.66. The van der Waals surface area contributed by atoms with Gasteiger partial charge in [-0.05, 0) is 45.0 Å². The number of aryl methyl sites for hydroxylation is 1. The lowest BCUT2D eigenvalue weighted by Crippen LogP contribution is -2.50. The molecule has 118 valence electrons. The second-order valence-electron chi connectivity index (χ2n) is 6.39. The molecule has 1 N–H and O–H groups in total. The summed E-state index contributed by atoms with van der Waals surface area (Å²) >= 11 is 0. The minimum Gasteiger partial charge on any atom is -0.310 e. The van der Waals surface area contributed by atoms with E-state index in [9.17, 15) is 0 Å². The molecule has 1 aromatic carbocycles. The van der Waals surface area contributed by atoms with Crippen LogP contribution in [-0.2, 0) is 0 Å². The Kier molecular flexibility index (Phi) is 6.22. The van der Waals surface area contributed by atoms with Crippen molar-refractivity contribution >= 4 is 0 Å². The van der Waals surface area contributed by atoms with Crippen molar-refractivity contribution in [3.8, 4) is 0 Å². The Labute approximate surface area is 130 Å². The van der Waals surface area contributed by atoms with Crippen molar-refractivity contribution in [3.05, 3.63) is 35.4 Å². The minimum atomic E-state index is 0.478. The monoisotopic (exact) mass is 289 g/mol. The number of hydrogen-bond acceptors (Lipinski definition) is 3. The molecule has 1 aromatic rings. The standard InChI is InChI=1S/C18H31N3/c1-5-19-18(17-9-7-6-8-15(17)2)10-11-21-13-12-20(4)16(3)14-21/h6-9,16,18-19H,5,10-14H2,1-4H3. The first-order chi connectivity index (χ1) is 10.1. The molecule has 0 bridgehead atoms. The van der Waals surface area contributed by atoms with E-state index in [1.165, 1.54) is 43.7 Å². The number of rotatable bonds is 6. The molecular weight excluding hydrogens is 258 g/mol. The van der Waals surface area contributed by atoms with Gasteiger partial charge in [-0.15, -0.1) is 0 Å². The van der Waals surface area contributed by atoms with Crippen LogP contribution < -0.4 is 5.32 Å². The van der Waals surface area contributed by atoms with E-state index in [-0.39, 0.29) is 0 Å². The molecular formula is C18H31N3. The number of benzene rings is 1. The fourth-order valence-electron chi connectivity index (χ4n) is 3.23. The van der Waals surface area contributed by atoms with Crippen molar-refractivity contribution in [1.82, 2.24) is 15.1 Å². The van der Waals surface area contributed by atoms with E-state index in [1.54, 1.807) is 0 Å². The van der Waals surface area contributed by atoms with Crippen molar-refractivity contribution in [3.63, 3.8) is 0 Å². The second kappa shape index (κ2) is 7.92. The van der Waals surface area contributed by atoms with Gasteiger partial charge in [0.1, 0.15) is 0 Å². The maximum atomic E-state index is 3.66. The number of hydrogen-bond donors (Lipinski definition) is 1. The van der Waals surface area contributed by atoms with Gasteiger partial charge in [0, 0.05) is 38.3 Å². The molecule has 21 heavy (non-hydrogen) atoms. The fourth-order valence-corrected chi connectivity index (χ4v) is 3.23. The number of nitrogens with one attached hydrogen (secondary N) is 1. The summed E-state index contributed by atoms with van der Waals surface area (Å²) in [6, 6.07) is 9.93. The third-order valence-corrected chi connectivity index (χ3v) is 4.79. The van der Waals surface area contributed by atoms with Crippen LogP contribution in [0.3, 0.4) is 0 Å². The third-order valence-electron chi connectivity index (χ3n) is 4.79. The molecule has 0 radical (unpaired) electrons. The highest BCUT2D eigenvalue weighted by Crippen LogP contribution is 2.21. The van der Waals surface area contributed by atoms with Crippen LogP contribution >= 0.6 is 0 Å². The van der Waals surface area contributed by atoms with Gasteiger partial charge in [0.25, 0.3) is 0 Å². The zero-order valence-electron chi connectivity index (χ0n) is 14.1. The highest BCUT2D eigenvalue weighted by molar-refractivity contribution is 5.28. The summed E-state index contributed by atoms with van der Waals surface area (Å²) in [5.41, 5.74) is 2.86. The van der Waals surface area contributed by atoms with Crippen LogP contribution in [0.5, 0.6) is 0 Å². The van der Waals surface area contributed by atoms with Gasteiger partial charge in [-0.1, -0.05) is 31.2 Å². The van der Waals surface area contributed by atoms with E-state index < -0.39 is 0 Å². The summed E-state index contributed by atoms with van der Waals surface area (Å²) in [4.78, 5) is 5.08. The van der Waals surface area contributed by atoms with Crippen molar-refractivity contribution in [2.24, 2.45) is 0 Å². The molecule has 0 spiro atoms. The van der Waals surface area contributed by atoms with E-state index in [2.05, 4.69) is 67.2 Å². The lowest BCUT2D eigenvalue weighted by molar-refractivity contribution is 0.102. The predicted octanol–water partition coefficient (Wildman–Crippen LogP) is 2.67. The molecule has 1 aliphatic heterocycles. The Hall–Kier alpha value is -0.900. The van der Waals surface area contributed by atoms with E-state index in [1.807, 2.05) is 0 Å². The summed E-state index contributed by atoms with van der Waals surface area (Å²) in [7, 11) is 2.23.